The van der Waals surface area contributed by atoms with Gasteiger partial charge in [0.1, 0.15) is 0 Å². The number of nitrogens with one attached hydrogen (secondary N) is 1. The van der Waals surface area contributed by atoms with Gasteiger partial charge in [-0.1, -0.05) is 30.7 Å². The molecule has 1 heterocycles. The highest BCUT2D eigenvalue weighted by Gasteiger charge is 2.22. The second kappa shape index (κ2) is 6.74. The van der Waals surface area contributed by atoms with E-state index in [1.807, 2.05) is 0 Å². The second-order valence-corrected chi connectivity index (χ2v) is 6.13. The van der Waals surface area contributed by atoms with Gasteiger partial charge in [0, 0.05) is 30.2 Å². The minimum atomic E-state index is 0.606. The molecule has 0 spiro atoms. The van der Waals surface area contributed by atoms with Gasteiger partial charge in [0.2, 0.25) is 0 Å². The number of hydrogen-bond acceptors (Lipinski definition) is 2. The van der Waals surface area contributed by atoms with Gasteiger partial charge in [-0.05, 0) is 50.4 Å². The molecule has 0 amide bonds. The van der Waals surface area contributed by atoms with Crippen molar-refractivity contribution >= 4 is 11.6 Å². The van der Waals surface area contributed by atoms with Gasteiger partial charge in [-0.2, -0.15) is 0 Å². The molecule has 1 aliphatic rings. The topological polar surface area (TPSA) is 15.3 Å². The molecule has 1 saturated heterocycles. The van der Waals surface area contributed by atoms with Gasteiger partial charge in [0.15, 0.2) is 0 Å². The van der Waals surface area contributed by atoms with Crippen molar-refractivity contribution in [1.29, 1.82) is 0 Å². The molecule has 1 aliphatic heterocycles. The van der Waals surface area contributed by atoms with Gasteiger partial charge >= 0.3 is 0 Å². The largest absolute Gasteiger partial charge is 0.313 e. The fraction of sp³-hybridized carbons (Fsp3) is 0.625. The molecule has 3 heteroatoms. The molecule has 2 rings (SSSR count). The van der Waals surface area contributed by atoms with E-state index in [0.717, 1.165) is 24.7 Å². The molecule has 0 aliphatic carbocycles. The van der Waals surface area contributed by atoms with E-state index in [1.165, 1.54) is 24.0 Å². The number of rotatable bonds is 3. The minimum absolute atomic E-state index is 0.606. The Kier molecular flexibility index (Phi) is 5.26. The summed E-state index contributed by atoms with van der Waals surface area (Å²) < 4.78 is 0. The van der Waals surface area contributed by atoms with Gasteiger partial charge in [0.05, 0.1) is 0 Å². The van der Waals surface area contributed by atoms with Crippen molar-refractivity contribution in [2.75, 3.05) is 13.1 Å². The summed E-state index contributed by atoms with van der Waals surface area (Å²) in [5.41, 5.74) is 2.47. The lowest BCUT2D eigenvalue weighted by Crippen LogP contribution is -2.39. The van der Waals surface area contributed by atoms with E-state index in [9.17, 15) is 0 Å². The number of hydrogen-bond donors (Lipinski definition) is 1. The van der Waals surface area contributed by atoms with E-state index in [4.69, 9.17) is 11.6 Å². The van der Waals surface area contributed by atoms with Crippen molar-refractivity contribution in [3.05, 3.63) is 34.3 Å². The van der Waals surface area contributed by atoms with Crippen LogP contribution in [0.4, 0.5) is 0 Å². The Balaban J connectivity index is 2.10. The summed E-state index contributed by atoms with van der Waals surface area (Å²) in [4.78, 5) is 2.56. The Morgan fingerprint density at radius 2 is 2.21 bits per heavy atom. The summed E-state index contributed by atoms with van der Waals surface area (Å²) in [5, 5.41) is 4.53. The van der Waals surface area contributed by atoms with Crippen molar-refractivity contribution < 1.29 is 0 Å². The Bertz CT molecular complexity index is 419. The first kappa shape index (κ1) is 14.8. The smallest absolute Gasteiger partial charge is 0.0453 e. The van der Waals surface area contributed by atoms with Crippen molar-refractivity contribution in [2.24, 2.45) is 0 Å². The fourth-order valence-corrected chi connectivity index (χ4v) is 2.99. The molecule has 0 saturated carbocycles. The van der Waals surface area contributed by atoms with E-state index in [2.05, 4.69) is 49.2 Å². The third kappa shape index (κ3) is 3.95. The lowest BCUT2D eigenvalue weighted by molar-refractivity contribution is 0.194. The number of benzene rings is 1. The molecule has 106 valence electrons. The van der Waals surface area contributed by atoms with Crippen LogP contribution in [0.5, 0.6) is 0 Å². The minimum Gasteiger partial charge on any atom is -0.313 e. The van der Waals surface area contributed by atoms with Crippen LogP contribution in [0.3, 0.4) is 0 Å². The van der Waals surface area contributed by atoms with Crippen molar-refractivity contribution in [2.45, 2.75) is 52.2 Å². The lowest BCUT2D eigenvalue weighted by Gasteiger charge is -2.29. The van der Waals surface area contributed by atoms with E-state index in [1.54, 1.807) is 0 Å². The molecule has 19 heavy (non-hydrogen) atoms. The number of aryl methyl sites for hydroxylation is 1. The Morgan fingerprint density at radius 3 is 2.89 bits per heavy atom. The Hall–Kier alpha value is -0.570. The molecule has 2 nitrogen and oxygen atoms in total. The molecule has 0 aromatic heterocycles. The molecule has 1 fully saturated rings. The van der Waals surface area contributed by atoms with Crippen LogP contribution in [0.1, 0.15) is 37.8 Å². The third-order valence-electron chi connectivity index (χ3n) is 4.15. The van der Waals surface area contributed by atoms with Gasteiger partial charge < -0.3 is 5.32 Å². The molecule has 0 radical (unpaired) electrons. The Labute approximate surface area is 122 Å². The second-order valence-electron chi connectivity index (χ2n) is 5.72. The summed E-state index contributed by atoms with van der Waals surface area (Å²) in [7, 11) is 0. The van der Waals surface area contributed by atoms with E-state index in [-0.39, 0.29) is 0 Å². The summed E-state index contributed by atoms with van der Waals surface area (Å²) in [6.07, 6.45) is 2.39. The SMILES string of the molecule is CCC1CN(Cc2ccc(C)cc2Cl)C(C)CCN1. The zero-order valence-corrected chi connectivity index (χ0v) is 13.0. The zero-order valence-electron chi connectivity index (χ0n) is 12.2. The van der Waals surface area contributed by atoms with Crippen molar-refractivity contribution in [3.63, 3.8) is 0 Å². The highest BCUT2D eigenvalue weighted by molar-refractivity contribution is 6.31. The molecule has 2 unspecified atom stereocenters. The molecular formula is C16H25ClN2. The fourth-order valence-electron chi connectivity index (χ4n) is 2.70. The summed E-state index contributed by atoms with van der Waals surface area (Å²) >= 11 is 6.37. The maximum Gasteiger partial charge on any atom is 0.0453 e. The maximum absolute atomic E-state index is 6.37. The van der Waals surface area contributed by atoms with Crippen LogP contribution in [-0.2, 0) is 6.54 Å². The quantitative estimate of drug-likeness (QED) is 0.910. The van der Waals surface area contributed by atoms with E-state index in [0.29, 0.717) is 12.1 Å². The predicted octanol–water partition coefficient (Wildman–Crippen LogP) is 3.61. The average Bonchev–Trinajstić information content (AvgIpc) is 2.55. The first-order valence-electron chi connectivity index (χ1n) is 7.32. The maximum atomic E-state index is 6.37. The van der Waals surface area contributed by atoms with Crippen LogP contribution < -0.4 is 5.32 Å². The molecule has 1 aromatic carbocycles. The highest BCUT2D eigenvalue weighted by Crippen LogP contribution is 2.22. The van der Waals surface area contributed by atoms with Crippen LogP contribution in [-0.4, -0.2) is 30.1 Å². The van der Waals surface area contributed by atoms with E-state index < -0.39 is 0 Å². The van der Waals surface area contributed by atoms with Crippen molar-refractivity contribution in [1.82, 2.24) is 10.2 Å². The number of halogens is 1. The molecule has 2 atom stereocenters. The summed E-state index contributed by atoms with van der Waals surface area (Å²) in [6.45, 7) is 9.85. The van der Waals surface area contributed by atoms with Crippen LogP contribution in [0, 0.1) is 6.92 Å². The average molecular weight is 281 g/mol. The van der Waals surface area contributed by atoms with Gasteiger partial charge in [0.25, 0.3) is 0 Å². The predicted molar refractivity (Wildman–Crippen MR) is 82.8 cm³/mol. The summed E-state index contributed by atoms with van der Waals surface area (Å²) in [6, 6.07) is 7.60. The molecular weight excluding hydrogens is 256 g/mol. The third-order valence-corrected chi connectivity index (χ3v) is 4.50. The van der Waals surface area contributed by atoms with Gasteiger partial charge in [-0.3, -0.25) is 4.90 Å². The molecule has 0 bridgehead atoms. The zero-order chi connectivity index (χ0) is 13.8. The van der Waals surface area contributed by atoms with Crippen molar-refractivity contribution in [3.8, 4) is 0 Å². The van der Waals surface area contributed by atoms with Crippen LogP contribution in [0.25, 0.3) is 0 Å². The van der Waals surface area contributed by atoms with Gasteiger partial charge in [-0.15, -0.1) is 0 Å². The normalized spacial score (nSPS) is 25.3. The highest BCUT2D eigenvalue weighted by atomic mass is 35.5. The van der Waals surface area contributed by atoms with Gasteiger partial charge in [-0.25, -0.2) is 0 Å². The first-order valence-corrected chi connectivity index (χ1v) is 7.70. The van der Waals surface area contributed by atoms with E-state index >= 15 is 0 Å². The molecule has 1 N–H and O–H groups in total. The van der Waals surface area contributed by atoms with Crippen LogP contribution in [0.15, 0.2) is 18.2 Å². The summed E-state index contributed by atoms with van der Waals surface area (Å²) in [5.74, 6) is 0. The number of nitrogens with zero attached hydrogens (tertiary/aromatic N) is 1. The van der Waals surface area contributed by atoms with Crippen LogP contribution >= 0.6 is 11.6 Å². The Morgan fingerprint density at radius 1 is 1.42 bits per heavy atom. The van der Waals surface area contributed by atoms with Crippen LogP contribution in [0.2, 0.25) is 5.02 Å². The monoisotopic (exact) mass is 280 g/mol. The first-order chi connectivity index (χ1) is 9.10. The molecule has 1 aromatic rings. The standard InChI is InChI=1S/C16H25ClN2/c1-4-15-11-19(13(3)7-8-18-15)10-14-6-5-12(2)9-16(14)17/h5-6,9,13,15,18H,4,7-8,10-11H2,1-3H3. The lowest BCUT2D eigenvalue weighted by atomic mass is 10.1.